The Labute approximate surface area is 185 Å². The molecular weight excluding hydrogens is 432 g/mol. The maximum atomic E-state index is 13.9. The number of rotatable bonds is 2. The fourth-order valence-corrected chi connectivity index (χ4v) is 6.20. The third-order valence-electron chi connectivity index (χ3n) is 5.79. The molecule has 1 fully saturated rings. The van der Waals surface area contributed by atoms with Gasteiger partial charge < -0.3 is 0 Å². The molecule has 1 spiro atoms. The van der Waals surface area contributed by atoms with Crippen molar-refractivity contribution >= 4 is 39.0 Å². The number of benzene rings is 2. The molecule has 9 heteroatoms. The molecule has 2 aromatic carbocycles. The molecule has 0 saturated carbocycles. The van der Waals surface area contributed by atoms with Gasteiger partial charge in [-0.05, 0) is 16.7 Å². The van der Waals surface area contributed by atoms with E-state index in [4.69, 9.17) is 0 Å². The van der Waals surface area contributed by atoms with Gasteiger partial charge in [-0.15, -0.1) is 0 Å². The van der Waals surface area contributed by atoms with Crippen LogP contribution in [-0.4, -0.2) is 47.8 Å². The highest BCUT2D eigenvalue weighted by atomic mass is 32.2. The summed E-state index contributed by atoms with van der Waals surface area (Å²) in [4.78, 5) is 52.5. The fraction of sp³-hybridized carbons (Fsp3) is 0.217. The average Bonchev–Trinajstić information content (AvgIpc) is 2.99. The number of carbonyl (C=O) groups excluding carboxylic acids is 4. The summed E-state index contributed by atoms with van der Waals surface area (Å²) in [7, 11) is -3.84. The van der Waals surface area contributed by atoms with E-state index in [2.05, 4.69) is 0 Å². The lowest BCUT2D eigenvalue weighted by Gasteiger charge is -2.38. The number of sulfone groups is 1. The number of amides is 4. The van der Waals surface area contributed by atoms with Crippen LogP contribution < -0.4 is 0 Å². The van der Waals surface area contributed by atoms with E-state index in [-0.39, 0.29) is 5.57 Å². The molecule has 0 N–H and O–H groups in total. The highest BCUT2D eigenvalue weighted by Gasteiger charge is 2.68. The van der Waals surface area contributed by atoms with E-state index in [1.54, 1.807) is 60.7 Å². The Morgan fingerprint density at radius 3 is 1.78 bits per heavy atom. The van der Waals surface area contributed by atoms with Crippen LogP contribution in [0.1, 0.15) is 30.9 Å². The molecule has 2 aromatic rings. The first-order chi connectivity index (χ1) is 15.1. The van der Waals surface area contributed by atoms with Crippen LogP contribution in [-0.2, 0) is 29.0 Å². The van der Waals surface area contributed by atoms with Gasteiger partial charge in [0.15, 0.2) is 15.3 Å². The predicted molar refractivity (Wildman–Crippen MR) is 115 cm³/mol. The van der Waals surface area contributed by atoms with E-state index in [1.807, 2.05) is 0 Å². The molecule has 4 rings (SSSR count). The summed E-state index contributed by atoms with van der Waals surface area (Å²) in [6.45, 7) is 2.15. The smallest absolute Gasteiger partial charge is 0.269 e. The van der Waals surface area contributed by atoms with Gasteiger partial charge in [-0.2, -0.15) is 10.0 Å². The summed E-state index contributed by atoms with van der Waals surface area (Å²) in [6.07, 6.45) is 0. The molecule has 4 amide bonds. The molecule has 0 aromatic heterocycles. The third-order valence-corrected chi connectivity index (χ3v) is 7.18. The summed E-state index contributed by atoms with van der Waals surface area (Å²) >= 11 is 0. The Kier molecular flexibility index (Phi) is 5.09. The van der Waals surface area contributed by atoms with E-state index in [1.165, 1.54) is 0 Å². The molecule has 1 saturated heterocycles. The van der Waals surface area contributed by atoms with E-state index in [0.29, 0.717) is 21.1 Å². The lowest BCUT2D eigenvalue weighted by atomic mass is 9.65. The molecule has 1 atom stereocenters. The standard InChI is InChI=1S/C23H20N2O6S/c1-15(26)24-21(28)23(22(29)25(24)16(2)27)19(17-9-5-3-6-10-17)13-32(30,31)14-20(23)18-11-7-4-8-12-18/h3-13,20H,14H2,1-2H3. The second-order valence-corrected chi connectivity index (χ2v) is 9.67. The molecule has 2 aliphatic rings. The molecule has 2 heterocycles. The number of hydrogen-bond acceptors (Lipinski definition) is 6. The Balaban J connectivity index is 2.12. The molecule has 8 nitrogen and oxygen atoms in total. The SMILES string of the molecule is CC(=O)N1C(=O)C2(C(=O)N1C(C)=O)C(c1ccccc1)=CS(=O)(=O)CC2c1ccccc1. The highest BCUT2D eigenvalue weighted by molar-refractivity contribution is 7.94. The maximum Gasteiger partial charge on any atom is 0.269 e. The maximum absolute atomic E-state index is 13.9. The van der Waals surface area contributed by atoms with Gasteiger partial charge in [0.25, 0.3) is 11.8 Å². The van der Waals surface area contributed by atoms with Crippen molar-refractivity contribution in [3.63, 3.8) is 0 Å². The van der Waals surface area contributed by atoms with Crippen molar-refractivity contribution < 1.29 is 27.6 Å². The summed E-state index contributed by atoms with van der Waals surface area (Å²) in [5, 5.41) is 1.98. The van der Waals surface area contributed by atoms with Crippen LogP contribution in [0, 0.1) is 5.41 Å². The minimum Gasteiger partial charge on any atom is -0.273 e. The average molecular weight is 452 g/mol. The number of imide groups is 2. The summed E-state index contributed by atoms with van der Waals surface area (Å²) < 4.78 is 25.9. The highest BCUT2D eigenvalue weighted by Crippen LogP contribution is 2.55. The van der Waals surface area contributed by atoms with Crippen LogP contribution in [0.4, 0.5) is 0 Å². The van der Waals surface area contributed by atoms with Crippen LogP contribution >= 0.6 is 0 Å². The summed E-state index contributed by atoms with van der Waals surface area (Å²) in [5.41, 5.74) is -1.37. The van der Waals surface area contributed by atoms with Gasteiger partial charge in [0, 0.05) is 25.2 Å². The molecule has 164 valence electrons. The number of hydrazine groups is 1. The zero-order chi connectivity index (χ0) is 23.3. The van der Waals surface area contributed by atoms with Crippen molar-refractivity contribution in [2.45, 2.75) is 19.8 Å². The first-order valence-corrected chi connectivity index (χ1v) is 11.6. The second kappa shape index (κ2) is 7.52. The minimum atomic E-state index is -3.84. The lowest BCUT2D eigenvalue weighted by Crippen LogP contribution is -2.48. The molecule has 32 heavy (non-hydrogen) atoms. The topological polar surface area (TPSA) is 109 Å². The molecule has 0 bridgehead atoms. The van der Waals surface area contributed by atoms with Gasteiger partial charge in [0.05, 0.1) is 5.75 Å². The number of nitrogens with zero attached hydrogens (tertiary/aromatic N) is 2. The van der Waals surface area contributed by atoms with E-state index in [9.17, 15) is 27.6 Å². The normalized spacial score (nSPS) is 21.6. The first kappa shape index (κ1) is 21.6. The van der Waals surface area contributed by atoms with Gasteiger partial charge in [0.2, 0.25) is 11.8 Å². The molecule has 1 unspecified atom stereocenters. The van der Waals surface area contributed by atoms with Gasteiger partial charge in [0.1, 0.15) is 0 Å². The monoisotopic (exact) mass is 452 g/mol. The van der Waals surface area contributed by atoms with Crippen molar-refractivity contribution in [1.82, 2.24) is 10.0 Å². The van der Waals surface area contributed by atoms with Crippen molar-refractivity contribution in [3.8, 4) is 0 Å². The number of carbonyl (C=O) groups is 4. The zero-order valence-corrected chi connectivity index (χ0v) is 18.2. The minimum absolute atomic E-state index is 0.0526. The fourth-order valence-electron chi connectivity index (χ4n) is 4.51. The van der Waals surface area contributed by atoms with Crippen molar-refractivity contribution in [1.29, 1.82) is 0 Å². The van der Waals surface area contributed by atoms with Crippen molar-refractivity contribution in [2.24, 2.45) is 5.41 Å². The largest absolute Gasteiger partial charge is 0.273 e. The Morgan fingerprint density at radius 1 is 0.844 bits per heavy atom. The lowest BCUT2D eigenvalue weighted by molar-refractivity contribution is -0.168. The first-order valence-electron chi connectivity index (χ1n) is 9.86. The molecule has 0 radical (unpaired) electrons. The predicted octanol–water partition coefficient (Wildman–Crippen LogP) is 1.90. The van der Waals surface area contributed by atoms with Gasteiger partial charge in [-0.3, -0.25) is 19.2 Å². The van der Waals surface area contributed by atoms with Gasteiger partial charge >= 0.3 is 0 Å². The summed E-state index contributed by atoms with van der Waals surface area (Å²) in [6, 6.07) is 16.5. The van der Waals surface area contributed by atoms with Crippen molar-refractivity contribution in [2.75, 3.05) is 5.75 Å². The zero-order valence-electron chi connectivity index (χ0n) is 17.4. The Hall–Kier alpha value is -3.59. The Morgan fingerprint density at radius 2 is 1.31 bits per heavy atom. The second-order valence-electron chi connectivity index (χ2n) is 7.77. The molecule has 2 aliphatic heterocycles. The third kappa shape index (κ3) is 3.08. The molecular formula is C23H20N2O6S. The van der Waals surface area contributed by atoms with Crippen molar-refractivity contribution in [3.05, 3.63) is 77.2 Å². The van der Waals surface area contributed by atoms with Gasteiger partial charge in [-0.1, -0.05) is 60.7 Å². The quantitative estimate of drug-likeness (QED) is 0.644. The van der Waals surface area contributed by atoms with Crippen LogP contribution in [0.3, 0.4) is 0 Å². The van der Waals surface area contributed by atoms with Crippen LogP contribution in [0.15, 0.2) is 66.1 Å². The summed E-state index contributed by atoms with van der Waals surface area (Å²) in [5.74, 6) is -5.18. The molecule has 0 aliphatic carbocycles. The van der Waals surface area contributed by atoms with Gasteiger partial charge in [-0.25, -0.2) is 8.42 Å². The van der Waals surface area contributed by atoms with E-state index < -0.39 is 50.6 Å². The van der Waals surface area contributed by atoms with Crippen LogP contribution in [0.5, 0.6) is 0 Å². The van der Waals surface area contributed by atoms with E-state index in [0.717, 1.165) is 19.3 Å². The number of hydrogen-bond donors (Lipinski definition) is 0. The van der Waals surface area contributed by atoms with Crippen LogP contribution in [0.2, 0.25) is 0 Å². The van der Waals surface area contributed by atoms with E-state index >= 15 is 0 Å². The Bertz CT molecular complexity index is 1240. The van der Waals surface area contributed by atoms with Crippen LogP contribution in [0.25, 0.3) is 5.57 Å².